The third-order valence-corrected chi connectivity index (χ3v) is 7.32. The van der Waals surface area contributed by atoms with Crippen LogP contribution in [0.1, 0.15) is 27.7 Å². The van der Waals surface area contributed by atoms with Crippen molar-refractivity contribution in [3.05, 3.63) is 101 Å². The molecule has 5 aromatic rings. The third kappa shape index (κ3) is 4.76. The van der Waals surface area contributed by atoms with Crippen LogP contribution in [0.2, 0.25) is 0 Å². The van der Waals surface area contributed by atoms with Crippen LogP contribution in [0.3, 0.4) is 0 Å². The van der Waals surface area contributed by atoms with Crippen LogP contribution in [0.4, 0.5) is 0 Å². The van der Waals surface area contributed by atoms with E-state index >= 15 is 0 Å². The lowest BCUT2D eigenvalue weighted by atomic mass is 9.94. The lowest BCUT2D eigenvalue weighted by molar-refractivity contribution is 0.0943. The lowest BCUT2D eigenvalue weighted by Crippen LogP contribution is -2.41. The highest BCUT2D eigenvalue weighted by Gasteiger charge is 2.23. The minimum atomic E-state index is -0.150. The van der Waals surface area contributed by atoms with Crippen molar-refractivity contribution >= 4 is 28.3 Å². The van der Waals surface area contributed by atoms with Crippen LogP contribution in [0.15, 0.2) is 84.5 Å². The highest BCUT2D eigenvalue weighted by molar-refractivity contribution is 7.13. The molecule has 0 bridgehead atoms. The first-order chi connectivity index (χ1) is 17.2. The summed E-state index contributed by atoms with van der Waals surface area (Å²) in [5.41, 5.74) is 13.4. The maximum atomic E-state index is 13.6. The first-order valence-electron chi connectivity index (χ1n) is 11.9. The Hall–Kier alpha value is -3.74. The Morgan fingerprint density at radius 3 is 2.57 bits per heavy atom. The molecule has 2 aromatic carbocycles. The van der Waals surface area contributed by atoms with Gasteiger partial charge in [0.1, 0.15) is 10.5 Å². The smallest absolute Gasteiger partial charge is 0.262 e. The second-order valence-electron chi connectivity index (χ2n) is 8.60. The molecule has 4 N–H and O–H groups in total. The summed E-state index contributed by atoms with van der Waals surface area (Å²) in [6.45, 7) is 2.51. The summed E-state index contributed by atoms with van der Waals surface area (Å²) in [5.74, 6) is -0.0958. The van der Waals surface area contributed by atoms with Crippen molar-refractivity contribution in [2.45, 2.75) is 25.8 Å². The Balaban J connectivity index is 1.55. The number of H-pyrrole nitrogens is 1. The van der Waals surface area contributed by atoms with Crippen LogP contribution in [-0.4, -0.2) is 28.5 Å². The van der Waals surface area contributed by atoms with E-state index in [-0.39, 0.29) is 11.9 Å². The average molecular weight is 481 g/mol. The van der Waals surface area contributed by atoms with Crippen molar-refractivity contribution in [1.29, 1.82) is 0 Å². The number of amides is 1. The number of aromatic amines is 1. The number of carbonyl (C=O) groups is 1. The molecule has 0 aliphatic heterocycles. The van der Waals surface area contributed by atoms with Crippen LogP contribution >= 0.6 is 11.3 Å². The SMILES string of the molecule is CCc1ccc(-c2c(-c3ccnc4[nH]ccc34)csc2C(=O)NC(CN)Cc2ccccc2)cc1. The van der Waals surface area contributed by atoms with Crippen LogP contribution in [0, 0.1) is 0 Å². The molecular formula is C29H28N4OS. The predicted molar refractivity (Wildman–Crippen MR) is 145 cm³/mol. The fourth-order valence-corrected chi connectivity index (χ4v) is 5.45. The van der Waals surface area contributed by atoms with Gasteiger partial charge in [-0.15, -0.1) is 11.3 Å². The van der Waals surface area contributed by atoms with E-state index in [1.54, 1.807) is 6.20 Å². The number of hydrogen-bond acceptors (Lipinski definition) is 4. The number of rotatable bonds is 8. The molecule has 0 saturated heterocycles. The Morgan fingerprint density at radius 2 is 1.83 bits per heavy atom. The molecule has 1 amide bonds. The second-order valence-corrected chi connectivity index (χ2v) is 9.48. The van der Waals surface area contributed by atoms with Crippen molar-refractivity contribution < 1.29 is 4.79 Å². The minimum Gasteiger partial charge on any atom is -0.347 e. The van der Waals surface area contributed by atoms with Gasteiger partial charge in [-0.3, -0.25) is 4.79 Å². The molecular weight excluding hydrogens is 452 g/mol. The minimum absolute atomic E-state index is 0.0958. The van der Waals surface area contributed by atoms with Crippen molar-refractivity contribution in [2.75, 3.05) is 6.54 Å². The summed E-state index contributed by atoms with van der Waals surface area (Å²) < 4.78 is 0. The van der Waals surface area contributed by atoms with Gasteiger partial charge in [0.15, 0.2) is 0 Å². The molecule has 6 heteroatoms. The van der Waals surface area contributed by atoms with Gasteiger partial charge in [-0.1, -0.05) is 61.5 Å². The molecule has 0 spiro atoms. The fourth-order valence-electron chi connectivity index (χ4n) is 4.46. The van der Waals surface area contributed by atoms with Crippen molar-refractivity contribution in [2.24, 2.45) is 5.73 Å². The van der Waals surface area contributed by atoms with Gasteiger partial charge in [0.2, 0.25) is 0 Å². The van der Waals surface area contributed by atoms with E-state index in [1.165, 1.54) is 16.9 Å². The molecule has 0 aliphatic carbocycles. The number of hydrogen-bond donors (Lipinski definition) is 3. The Labute approximate surface area is 209 Å². The molecule has 176 valence electrons. The van der Waals surface area contributed by atoms with E-state index in [2.05, 4.69) is 64.0 Å². The topological polar surface area (TPSA) is 83.8 Å². The van der Waals surface area contributed by atoms with Gasteiger partial charge in [-0.2, -0.15) is 0 Å². The number of thiophene rings is 1. The van der Waals surface area contributed by atoms with Gasteiger partial charge in [0.05, 0.1) is 0 Å². The number of pyridine rings is 1. The normalized spacial score (nSPS) is 12.1. The number of aryl methyl sites for hydroxylation is 1. The van der Waals surface area contributed by atoms with Crippen LogP contribution in [0.25, 0.3) is 33.3 Å². The average Bonchev–Trinajstić information content (AvgIpc) is 3.56. The largest absolute Gasteiger partial charge is 0.347 e. The summed E-state index contributed by atoms with van der Waals surface area (Å²) in [6.07, 6.45) is 5.36. The molecule has 0 saturated carbocycles. The summed E-state index contributed by atoms with van der Waals surface area (Å²) >= 11 is 1.47. The number of nitrogens with one attached hydrogen (secondary N) is 2. The van der Waals surface area contributed by atoms with Crippen LogP contribution in [-0.2, 0) is 12.8 Å². The zero-order valence-electron chi connectivity index (χ0n) is 19.6. The summed E-state index contributed by atoms with van der Waals surface area (Å²) in [5, 5.41) is 6.30. The van der Waals surface area contributed by atoms with Crippen molar-refractivity contribution in [3.8, 4) is 22.3 Å². The first-order valence-corrected chi connectivity index (χ1v) is 12.7. The van der Waals surface area contributed by atoms with Gasteiger partial charge >= 0.3 is 0 Å². The Morgan fingerprint density at radius 1 is 1.03 bits per heavy atom. The summed E-state index contributed by atoms with van der Waals surface area (Å²) in [6, 6.07) is 22.5. The predicted octanol–water partition coefficient (Wildman–Crippen LogP) is 5.82. The van der Waals surface area contributed by atoms with Crippen LogP contribution in [0.5, 0.6) is 0 Å². The molecule has 35 heavy (non-hydrogen) atoms. The number of aromatic nitrogens is 2. The molecule has 5 rings (SSSR count). The molecule has 0 radical (unpaired) electrons. The monoisotopic (exact) mass is 480 g/mol. The van der Waals surface area contributed by atoms with Crippen molar-refractivity contribution in [3.63, 3.8) is 0 Å². The highest BCUT2D eigenvalue weighted by atomic mass is 32.1. The van der Waals surface area contributed by atoms with Gasteiger partial charge in [0, 0.05) is 46.9 Å². The number of benzene rings is 2. The fraction of sp³-hybridized carbons (Fsp3) is 0.172. The second kappa shape index (κ2) is 10.3. The van der Waals surface area contributed by atoms with E-state index in [0.29, 0.717) is 17.8 Å². The van der Waals surface area contributed by atoms with Gasteiger partial charge in [-0.05, 0) is 47.2 Å². The maximum Gasteiger partial charge on any atom is 0.262 e. The number of nitrogens with zero attached hydrogens (tertiary/aromatic N) is 1. The first kappa shape index (κ1) is 23.0. The lowest BCUT2D eigenvalue weighted by Gasteiger charge is -2.17. The third-order valence-electron chi connectivity index (χ3n) is 6.34. The highest BCUT2D eigenvalue weighted by Crippen LogP contribution is 2.41. The number of nitrogens with two attached hydrogens (primary N) is 1. The van der Waals surface area contributed by atoms with Crippen LogP contribution < -0.4 is 11.1 Å². The van der Waals surface area contributed by atoms with E-state index < -0.39 is 0 Å². The standard InChI is InChI=1S/C29H28N4OS/c1-2-19-8-10-21(11-9-19)26-25(23-12-14-31-28-24(23)13-15-32-28)18-35-27(26)29(34)33-22(17-30)16-20-6-4-3-5-7-20/h3-15,18,22H,2,16-17,30H2,1H3,(H,31,32)(H,33,34). The van der Waals surface area contributed by atoms with E-state index in [9.17, 15) is 4.79 Å². The van der Waals surface area contributed by atoms with E-state index in [1.807, 2.05) is 36.5 Å². The summed E-state index contributed by atoms with van der Waals surface area (Å²) in [4.78, 5) is 21.9. The Bertz CT molecular complexity index is 1440. The molecule has 0 aliphatic rings. The van der Waals surface area contributed by atoms with Gasteiger partial charge in [-0.25, -0.2) is 4.98 Å². The summed E-state index contributed by atoms with van der Waals surface area (Å²) in [7, 11) is 0. The van der Waals surface area contributed by atoms with Gasteiger partial charge in [0.25, 0.3) is 5.91 Å². The molecule has 0 fully saturated rings. The van der Waals surface area contributed by atoms with E-state index in [4.69, 9.17) is 5.73 Å². The molecule has 3 aromatic heterocycles. The molecule has 5 nitrogen and oxygen atoms in total. The molecule has 3 heterocycles. The van der Waals surface area contributed by atoms with E-state index in [0.717, 1.165) is 45.3 Å². The Kier molecular flexibility index (Phi) is 6.75. The van der Waals surface area contributed by atoms with Crippen molar-refractivity contribution in [1.82, 2.24) is 15.3 Å². The number of carbonyl (C=O) groups excluding carboxylic acids is 1. The molecule has 1 atom stereocenters. The maximum absolute atomic E-state index is 13.6. The quantitative estimate of drug-likeness (QED) is 0.262. The zero-order valence-corrected chi connectivity index (χ0v) is 20.4. The zero-order chi connectivity index (χ0) is 24.2. The number of fused-ring (bicyclic) bond motifs is 1. The van der Waals surface area contributed by atoms with Gasteiger partial charge < -0.3 is 16.0 Å². The molecule has 1 unspecified atom stereocenters.